The zero-order valence-corrected chi connectivity index (χ0v) is 18.9. The molecule has 1 aliphatic heterocycles. The van der Waals surface area contributed by atoms with E-state index in [0.29, 0.717) is 31.5 Å². The molecule has 31 heavy (non-hydrogen) atoms. The maximum Gasteiger partial charge on any atom is 0.256 e. The monoisotopic (exact) mass is 447 g/mol. The fourth-order valence-electron chi connectivity index (χ4n) is 3.80. The van der Waals surface area contributed by atoms with Crippen molar-refractivity contribution in [3.8, 4) is 0 Å². The van der Waals surface area contributed by atoms with Gasteiger partial charge in [0.05, 0.1) is 22.3 Å². The van der Waals surface area contributed by atoms with Crippen molar-refractivity contribution in [3.05, 3.63) is 47.3 Å². The number of likely N-dealkylation sites (tertiary alicyclic amines) is 1. The summed E-state index contributed by atoms with van der Waals surface area (Å²) < 4.78 is 25.9. The van der Waals surface area contributed by atoms with Crippen LogP contribution in [0.1, 0.15) is 46.8 Å². The number of aromatic nitrogens is 2. The molecule has 0 spiro atoms. The van der Waals surface area contributed by atoms with Crippen molar-refractivity contribution in [3.63, 3.8) is 0 Å². The largest absolute Gasteiger partial charge is 0.345 e. The Bertz CT molecular complexity index is 1020. The van der Waals surface area contributed by atoms with E-state index < -0.39 is 10.0 Å². The lowest BCUT2D eigenvalue weighted by molar-refractivity contribution is -0.132. The Morgan fingerprint density at radius 1 is 1.19 bits per heavy atom. The van der Waals surface area contributed by atoms with Crippen LogP contribution in [0.5, 0.6) is 0 Å². The van der Waals surface area contributed by atoms with Gasteiger partial charge >= 0.3 is 0 Å². The average molecular weight is 448 g/mol. The van der Waals surface area contributed by atoms with Gasteiger partial charge in [0.15, 0.2) is 0 Å². The number of H-pyrrole nitrogens is 1. The predicted octanol–water partition coefficient (Wildman–Crippen LogP) is 1.36. The van der Waals surface area contributed by atoms with Crippen LogP contribution in [-0.2, 0) is 21.2 Å². The van der Waals surface area contributed by atoms with Gasteiger partial charge in [0.25, 0.3) is 5.91 Å². The summed E-state index contributed by atoms with van der Waals surface area (Å²) in [5, 5.41) is 7.02. The number of hydrogen-bond acceptors (Lipinski definition) is 5. The van der Waals surface area contributed by atoms with Crippen LogP contribution in [0, 0.1) is 0 Å². The van der Waals surface area contributed by atoms with Gasteiger partial charge in [0.1, 0.15) is 0 Å². The summed E-state index contributed by atoms with van der Waals surface area (Å²) in [6, 6.07) is 6.58. The third kappa shape index (κ3) is 5.31. The average Bonchev–Trinajstić information content (AvgIpc) is 3.27. The molecule has 9 nitrogen and oxygen atoms in total. The zero-order valence-electron chi connectivity index (χ0n) is 18.1. The number of amides is 2. The Hall–Kier alpha value is -2.72. The molecule has 1 aromatic carbocycles. The first-order chi connectivity index (χ1) is 14.7. The number of benzene rings is 1. The number of carbonyl (C=O) groups is 2. The molecule has 1 fully saturated rings. The number of carbonyl (C=O) groups excluding carboxylic acids is 2. The lowest BCUT2D eigenvalue weighted by atomic mass is 9.91. The Labute approximate surface area is 182 Å². The summed E-state index contributed by atoms with van der Waals surface area (Å²) in [6.45, 7) is 1.27. The summed E-state index contributed by atoms with van der Waals surface area (Å²) in [7, 11) is 1.35. The smallest absolute Gasteiger partial charge is 0.256 e. The first kappa shape index (κ1) is 23.0. The first-order valence-corrected chi connectivity index (χ1v) is 11.8. The minimum absolute atomic E-state index is 0.0733. The standard InChI is InChI=1S/C21H29N5O4S/c1-22-31(29,30)17-7-4-15(5-8-17)6-9-19(27)26-12-10-16(11-13-26)20-18(14-23-24-20)21(28)25(2)3/h4-5,7-8,14,16,22H,6,9-13H2,1-3H3,(H,23,24). The molecule has 0 unspecified atom stereocenters. The van der Waals surface area contributed by atoms with Gasteiger partial charge in [0, 0.05) is 39.5 Å². The van der Waals surface area contributed by atoms with E-state index in [4.69, 9.17) is 0 Å². The molecule has 1 saturated heterocycles. The van der Waals surface area contributed by atoms with E-state index in [-0.39, 0.29) is 22.6 Å². The second kappa shape index (κ2) is 9.61. The number of nitrogens with one attached hydrogen (secondary N) is 2. The van der Waals surface area contributed by atoms with Crippen molar-refractivity contribution < 1.29 is 18.0 Å². The molecule has 2 N–H and O–H groups in total. The van der Waals surface area contributed by atoms with E-state index in [9.17, 15) is 18.0 Å². The fraction of sp³-hybridized carbons (Fsp3) is 0.476. The Morgan fingerprint density at radius 2 is 1.84 bits per heavy atom. The molecule has 3 rings (SSSR count). The Balaban J connectivity index is 1.52. The lowest BCUT2D eigenvalue weighted by Gasteiger charge is -2.32. The molecular weight excluding hydrogens is 418 g/mol. The van der Waals surface area contributed by atoms with Gasteiger partial charge in [-0.15, -0.1) is 0 Å². The number of piperidine rings is 1. The highest BCUT2D eigenvalue weighted by molar-refractivity contribution is 7.89. The van der Waals surface area contributed by atoms with Gasteiger partial charge in [-0.2, -0.15) is 5.10 Å². The maximum atomic E-state index is 12.6. The summed E-state index contributed by atoms with van der Waals surface area (Å²) >= 11 is 0. The maximum absolute atomic E-state index is 12.6. The molecule has 1 aliphatic rings. The van der Waals surface area contributed by atoms with E-state index in [2.05, 4.69) is 14.9 Å². The van der Waals surface area contributed by atoms with Crippen LogP contribution < -0.4 is 4.72 Å². The van der Waals surface area contributed by atoms with E-state index in [1.807, 2.05) is 4.90 Å². The predicted molar refractivity (Wildman–Crippen MR) is 116 cm³/mol. The van der Waals surface area contributed by atoms with Crippen LogP contribution >= 0.6 is 0 Å². The topological polar surface area (TPSA) is 115 Å². The molecule has 2 heterocycles. The van der Waals surface area contributed by atoms with Crippen LogP contribution in [0.25, 0.3) is 0 Å². The van der Waals surface area contributed by atoms with Crippen LogP contribution in [0.2, 0.25) is 0 Å². The molecule has 0 atom stereocenters. The molecule has 0 radical (unpaired) electrons. The van der Waals surface area contributed by atoms with Crippen molar-refractivity contribution in [2.45, 2.75) is 36.5 Å². The third-order valence-corrected chi connectivity index (χ3v) is 7.12. The van der Waals surface area contributed by atoms with Gasteiger partial charge in [-0.3, -0.25) is 14.7 Å². The molecule has 1 aromatic heterocycles. The minimum atomic E-state index is -3.46. The van der Waals surface area contributed by atoms with Crippen molar-refractivity contribution >= 4 is 21.8 Å². The normalized spacial score (nSPS) is 15.1. The first-order valence-electron chi connectivity index (χ1n) is 10.3. The van der Waals surface area contributed by atoms with E-state index in [0.717, 1.165) is 24.1 Å². The summed E-state index contributed by atoms with van der Waals surface area (Å²) in [6.07, 6.45) is 4.05. The van der Waals surface area contributed by atoms with Crippen LogP contribution in [0.15, 0.2) is 35.4 Å². The molecule has 168 valence electrons. The van der Waals surface area contributed by atoms with Gasteiger partial charge in [0.2, 0.25) is 15.9 Å². The molecule has 0 bridgehead atoms. The Morgan fingerprint density at radius 3 is 2.42 bits per heavy atom. The van der Waals surface area contributed by atoms with E-state index >= 15 is 0 Å². The highest BCUT2D eigenvalue weighted by Gasteiger charge is 2.28. The van der Waals surface area contributed by atoms with Crippen molar-refractivity contribution in [2.24, 2.45) is 0 Å². The van der Waals surface area contributed by atoms with Gasteiger partial charge in [-0.1, -0.05) is 12.1 Å². The van der Waals surface area contributed by atoms with Crippen LogP contribution in [0.3, 0.4) is 0 Å². The molecule has 2 amide bonds. The van der Waals surface area contributed by atoms with Crippen molar-refractivity contribution in [1.82, 2.24) is 24.7 Å². The zero-order chi connectivity index (χ0) is 22.6. The van der Waals surface area contributed by atoms with Gasteiger partial charge < -0.3 is 9.80 Å². The molecule has 0 saturated carbocycles. The third-order valence-electron chi connectivity index (χ3n) is 5.69. The highest BCUT2D eigenvalue weighted by Crippen LogP contribution is 2.29. The van der Waals surface area contributed by atoms with Crippen LogP contribution in [-0.4, -0.2) is 74.5 Å². The number of sulfonamides is 1. The quantitative estimate of drug-likeness (QED) is 0.665. The number of aryl methyl sites for hydroxylation is 1. The van der Waals surface area contributed by atoms with E-state index in [1.54, 1.807) is 44.6 Å². The minimum Gasteiger partial charge on any atom is -0.345 e. The highest BCUT2D eigenvalue weighted by atomic mass is 32.2. The lowest BCUT2D eigenvalue weighted by Crippen LogP contribution is -2.38. The van der Waals surface area contributed by atoms with Crippen molar-refractivity contribution in [2.75, 3.05) is 34.2 Å². The number of rotatable bonds is 7. The van der Waals surface area contributed by atoms with Crippen molar-refractivity contribution in [1.29, 1.82) is 0 Å². The van der Waals surface area contributed by atoms with E-state index in [1.165, 1.54) is 11.9 Å². The fourth-order valence-corrected chi connectivity index (χ4v) is 4.53. The number of nitrogens with zero attached hydrogens (tertiary/aromatic N) is 3. The number of aromatic amines is 1. The van der Waals surface area contributed by atoms with Gasteiger partial charge in [-0.25, -0.2) is 13.1 Å². The summed E-state index contributed by atoms with van der Waals surface area (Å²) in [4.78, 5) is 28.6. The molecular formula is C21H29N5O4S. The second-order valence-electron chi connectivity index (χ2n) is 7.90. The molecule has 10 heteroatoms. The number of hydrogen-bond donors (Lipinski definition) is 2. The summed E-state index contributed by atoms with van der Waals surface area (Å²) in [5.74, 6) is 0.183. The SMILES string of the molecule is CNS(=O)(=O)c1ccc(CCC(=O)N2CCC(c3[nH]ncc3C(=O)N(C)C)CC2)cc1. The molecule has 0 aliphatic carbocycles. The Kier molecular flexibility index (Phi) is 7.11. The molecule has 2 aromatic rings. The second-order valence-corrected chi connectivity index (χ2v) is 9.79. The van der Waals surface area contributed by atoms with Gasteiger partial charge in [-0.05, 0) is 44.0 Å². The summed E-state index contributed by atoms with van der Waals surface area (Å²) in [5.41, 5.74) is 2.36. The van der Waals surface area contributed by atoms with Crippen LogP contribution in [0.4, 0.5) is 0 Å².